The van der Waals surface area contributed by atoms with Crippen LogP contribution in [0.15, 0.2) is 41.4 Å². The molecule has 2 spiro atoms. The number of methoxy groups -OCH3 is 1. The largest absolute Gasteiger partial charge is 0.383 e. The summed E-state index contributed by atoms with van der Waals surface area (Å²) < 4.78 is 5.71. The molecule has 1 unspecified atom stereocenters. The standard InChI is InChI=1S/C28H27N3O/c1-32-22-10-12-27(13-11-22)16-21-8-6-19(5-4-18-2-3-18)14-24(21)28(27)25-15-20(17-29)7-9-23(25)26(30)31-28/h6-9,14-15,18,22H,2-3,10-13,16H2,1H3,(H2,30,31)/t22-,27-,28?. The van der Waals surface area contributed by atoms with Crippen molar-refractivity contribution in [2.45, 2.75) is 56.6 Å². The number of fused-ring (bicyclic) bond motifs is 5. The van der Waals surface area contributed by atoms with Gasteiger partial charge in [0.05, 0.1) is 17.7 Å². The van der Waals surface area contributed by atoms with Gasteiger partial charge in [0.25, 0.3) is 0 Å². The molecule has 6 rings (SSSR count). The number of ether oxygens (including phenoxy) is 1. The summed E-state index contributed by atoms with van der Waals surface area (Å²) in [4.78, 5) is 5.28. The maximum absolute atomic E-state index is 9.65. The van der Waals surface area contributed by atoms with Gasteiger partial charge in [-0.2, -0.15) is 5.26 Å². The molecule has 32 heavy (non-hydrogen) atoms. The smallest absolute Gasteiger partial charge is 0.127 e. The minimum absolute atomic E-state index is 0.0587. The maximum atomic E-state index is 9.65. The van der Waals surface area contributed by atoms with Gasteiger partial charge in [0.15, 0.2) is 0 Å². The predicted octanol–water partition coefficient (Wildman–Crippen LogP) is 4.41. The van der Waals surface area contributed by atoms with E-state index in [4.69, 9.17) is 15.5 Å². The molecular weight excluding hydrogens is 394 g/mol. The lowest BCUT2D eigenvalue weighted by Gasteiger charge is -2.47. The van der Waals surface area contributed by atoms with Crippen molar-refractivity contribution >= 4 is 5.84 Å². The highest BCUT2D eigenvalue weighted by molar-refractivity contribution is 6.03. The van der Waals surface area contributed by atoms with Crippen LogP contribution in [0, 0.1) is 34.5 Å². The molecule has 0 saturated heterocycles. The fourth-order valence-corrected chi connectivity index (χ4v) is 6.30. The summed E-state index contributed by atoms with van der Waals surface area (Å²) in [7, 11) is 1.81. The lowest BCUT2D eigenvalue weighted by atomic mass is 9.59. The number of hydrogen-bond acceptors (Lipinski definition) is 4. The molecule has 1 atom stereocenters. The lowest BCUT2D eigenvalue weighted by Crippen LogP contribution is -2.45. The van der Waals surface area contributed by atoms with Crippen LogP contribution in [0.25, 0.3) is 0 Å². The minimum Gasteiger partial charge on any atom is -0.383 e. The molecule has 0 bridgehead atoms. The highest BCUT2D eigenvalue weighted by atomic mass is 16.5. The van der Waals surface area contributed by atoms with Gasteiger partial charge in [-0.15, -0.1) is 0 Å². The van der Waals surface area contributed by atoms with E-state index in [1.165, 1.54) is 24.0 Å². The van der Waals surface area contributed by atoms with E-state index < -0.39 is 5.54 Å². The van der Waals surface area contributed by atoms with Gasteiger partial charge in [0, 0.05) is 29.6 Å². The van der Waals surface area contributed by atoms with Gasteiger partial charge in [-0.05, 0) is 92.0 Å². The molecule has 2 N–H and O–H groups in total. The first kappa shape index (κ1) is 19.6. The quantitative estimate of drug-likeness (QED) is 0.693. The lowest BCUT2D eigenvalue weighted by molar-refractivity contribution is 0.00684. The number of nitrogens with zero attached hydrogens (tertiary/aromatic N) is 2. The Morgan fingerprint density at radius 3 is 2.50 bits per heavy atom. The maximum Gasteiger partial charge on any atom is 0.127 e. The van der Waals surface area contributed by atoms with Gasteiger partial charge >= 0.3 is 0 Å². The summed E-state index contributed by atoms with van der Waals surface area (Å²) in [5.41, 5.74) is 12.3. The van der Waals surface area contributed by atoms with Crippen LogP contribution in [0.2, 0.25) is 0 Å². The molecule has 0 amide bonds. The van der Waals surface area contributed by atoms with Gasteiger partial charge in [-0.1, -0.05) is 17.9 Å². The van der Waals surface area contributed by atoms with Crippen LogP contribution in [0.4, 0.5) is 0 Å². The van der Waals surface area contributed by atoms with E-state index in [0.29, 0.717) is 23.4 Å². The minimum atomic E-state index is -0.551. The third-order valence-electron chi connectivity index (χ3n) is 8.12. The summed E-state index contributed by atoms with van der Waals surface area (Å²) in [5, 5.41) is 9.65. The number of benzene rings is 2. The van der Waals surface area contributed by atoms with Crippen molar-refractivity contribution in [2.75, 3.05) is 7.11 Å². The van der Waals surface area contributed by atoms with Gasteiger partial charge in [-0.25, -0.2) is 0 Å². The van der Waals surface area contributed by atoms with Gasteiger partial charge in [-0.3, -0.25) is 4.99 Å². The van der Waals surface area contributed by atoms with Gasteiger partial charge in [0.2, 0.25) is 0 Å². The van der Waals surface area contributed by atoms with Crippen LogP contribution in [0.1, 0.15) is 71.9 Å². The van der Waals surface area contributed by atoms with Crippen molar-refractivity contribution < 1.29 is 4.74 Å². The van der Waals surface area contributed by atoms with E-state index >= 15 is 0 Å². The van der Waals surface area contributed by atoms with Crippen LogP contribution in [-0.4, -0.2) is 19.0 Å². The van der Waals surface area contributed by atoms with Crippen LogP contribution in [0.3, 0.4) is 0 Å². The molecule has 4 nitrogen and oxygen atoms in total. The topological polar surface area (TPSA) is 71.4 Å². The Balaban J connectivity index is 1.57. The second kappa shape index (κ2) is 6.96. The van der Waals surface area contributed by atoms with E-state index in [-0.39, 0.29) is 5.41 Å². The summed E-state index contributed by atoms with van der Waals surface area (Å²) in [5.74, 6) is 7.95. The van der Waals surface area contributed by atoms with Crippen molar-refractivity contribution in [3.8, 4) is 17.9 Å². The Kier molecular flexibility index (Phi) is 4.26. The van der Waals surface area contributed by atoms with Crippen LogP contribution < -0.4 is 5.73 Å². The van der Waals surface area contributed by atoms with E-state index in [0.717, 1.165) is 48.8 Å². The normalized spacial score (nSPS) is 29.8. The SMILES string of the molecule is CO[C@H]1CC[C@]2(CC1)Cc1ccc(C#CC3CC3)cc1C21N=C(N)c2ccc(C#N)cc21. The zero-order chi connectivity index (χ0) is 21.9. The van der Waals surface area contributed by atoms with Crippen LogP contribution >= 0.6 is 0 Å². The fourth-order valence-electron chi connectivity index (χ4n) is 6.30. The zero-order valence-electron chi connectivity index (χ0n) is 18.4. The summed E-state index contributed by atoms with van der Waals surface area (Å²) in [6, 6.07) is 14.9. The Labute approximate surface area is 189 Å². The molecule has 2 aromatic rings. The molecule has 4 heteroatoms. The van der Waals surface area contributed by atoms with Crippen LogP contribution in [-0.2, 0) is 16.7 Å². The monoisotopic (exact) mass is 421 g/mol. The van der Waals surface area contributed by atoms with Crippen LogP contribution in [0.5, 0.6) is 0 Å². The van der Waals surface area contributed by atoms with Crippen molar-refractivity contribution in [1.29, 1.82) is 5.26 Å². The van der Waals surface area contributed by atoms with E-state index in [1.807, 2.05) is 25.3 Å². The molecule has 1 aliphatic heterocycles. The first-order chi connectivity index (χ1) is 15.6. The number of nitrogens with two attached hydrogens (primary N) is 1. The van der Waals surface area contributed by atoms with Gasteiger partial charge < -0.3 is 10.5 Å². The molecule has 1 heterocycles. The number of amidine groups is 1. The van der Waals surface area contributed by atoms with Crippen molar-refractivity contribution in [3.05, 3.63) is 69.8 Å². The van der Waals surface area contributed by atoms with Crippen molar-refractivity contribution in [2.24, 2.45) is 22.1 Å². The number of nitriles is 1. The fraction of sp³-hybridized carbons (Fsp3) is 0.429. The first-order valence-corrected chi connectivity index (χ1v) is 11.7. The third kappa shape index (κ3) is 2.70. The van der Waals surface area contributed by atoms with E-state index in [2.05, 4.69) is 36.1 Å². The molecule has 2 aromatic carbocycles. The Hall–Kier alpha value is -3.08. The molecule has 160 valence electrons. The molecule has 2 fully saturated rings. The summed E-state index contributed by atoms with van der Waals surface area (Å²) in [6.07, 6.45) is 7.79. The summed E-state index contributed by atoms with van der Waals surface area (Å²) >= 11 is 0. The summed E-state index contributed by atoms with van der Waals surface area (Å²) in [6.45, 7) is 0. The average molecular weight is 422 g/mol. The molecule has 0 aromatic heterocycles. The highest BCUT2D eigenvalue weighted by Gasteiger charge is 2.62. The third-order valence-corrected chi connectivity index (χ3v) is 8.12. The molecule has 2 saturated carbocycles. The molecule has 0 radical (unpaired) electrons. The Bertz CT molecular complexity index is 1250. The number of aliphatic imine (C=N–C) groups is 1. The Morgan fingerprint density at radius 2 is 1.78 bits per heavy atom. The second-order valence-corrected chi connectivity index (χ2v) is 9.89. The Morgan fingerprint density at radius 1 is 1.03 bits per heavy atom. The van der Waals surface area contributed by atoms with Crippen molar-refractivity contribution in [3.63, 3.8) is 0 Å². The van der Waals surface area contributed by atoms with E-state index in [9.17, 15) is 5.26 Å². The zero-order valence-corrected chi connectivity index (χ0v) is 18.4. The molecule has 4 aliphatic rings. The van der Waals surface area contributed by atoms with Crippen molar-refractivity contribution in [1.82, 2.24) is 0 Å². The molecule has 3 aliphatic carbocycles. The van der Waals surface area contributed by atoms with E-state index in [1.54, 1.807) is 0 Å². The second-order valence-electron chi connectivity index (χ2n) is 9.89. The number of hydrogen-bond donors (Lipinski definition) is 1. The van der Waals surface area contributed by atoms with Gasteiger partial charge in [0.1, 0.15) is 11.4 Å². The highest BCUT2D eigenvalue weighted by Crippen LogP contribution is 2.64. The average Bonchev–Trinajstić information content (AvgIpc) is 3.56. The predicted molar refractivity (Wildman–Crippen MR) is 124 cm³/mol. The molecular formula is C28H27N3O. The number of rotatable bonds is 1. The first-order valence-electron chi connectivity index (χ1n) is 11.7.